The van der Waals surface area contributed by atoms with E-state index in [1.165, 1.54) is 29.5 Å². The summed E-state index contributed by atoms with van der Waals surface area (Å²) in [5.74, 6) is -1.17. The SMILES string of the molecule is N#Cc1c(NC(=O)COC(=O)c2ccc(Cl)c(Cl)c2)sc2c1CCC2. The van der Waals surface area contributed by atoms with Crippen molar-refractivity contribution in [3.05, 3.63) is 49.8 Å². The molecule has 0 radical (unpaired) electrons. The van der Waals surface area contributed by atoms with Gasteiger partial charge in [-0.25, -0.2) is 4.79 Å². The van der Waals surface area contributed by atoms with Crippen molar-refractivity contribution in [2.75, 3.05) is 11.9 Å². The molecule has 0 aliphatic heterocycles. The molecule has 2 aromatic rings. The van der Waals surface area contributed by atoms with Gasteiger partial charge in [-0.05, 0) is 43.0 Å². The Bertz CT molecular complexity index is 902. The van der Waals surface area contributed by atoms with Crippen molar-refractivity contribution in [3.8, 4) is 6.07 Å². The van der Waals surface area contributed by atoms with Gasteiger partial charge in [0.15, 0.2) is 6.61 Å². The minimum absolute atomic E-state index is 0.204. The Morgan fingerprint density at radius 1 is 1.28 bits per heavy atom. The molecule has 0 bridgehead atoms. The molecule has 0 spiro atoms. The molecule has 1 amide bonds. The Labute approximate surface area is 158 Å². The van der Waals surface area contributed by atoms with Gasteiger partial charge in [-0.15, -0.1) is 11.3 Å². The van der Waals surface area contributed by atoms with Crippen molar-refractivity contribution in [1.29, 1.82) is 5.26 Å². The second-order valence-corrected chi connectivity index (χ2v) is 7.35. The van der Waals surface area contributed by atoms with E-state index < -0.39 is 18.5 Å². The molecule has 8 heteroatoms. The standard InChI is InChI=1S/C17H12Cl2N2O3S/c18-12-5-4-9(6-13(12)19)17(23)24-8-15(22)21-16-11(7-20)10-2-1-3-14(10)25-16/h4-6H,1-3,8H2,(H,21,22). The van der Waals surface area contributed by atoms with Crippen LogP contribution >= 0.6 is 34.5 Å². The van der Waals surface area contributed by atoms with E-state index in [0.29, 0.717) is 15.6 Å². The maximum atomic E-state index is 12.0. The summed E-state index contributed by atoms with van der Waals surface area (Å²) in [6.45, 7) is -0.452. The Kier molecular flexibility index (Phi) is 5.28. The van der Waals surface area contributed by atoms with Crippen molar-refractivity contribution < 1.29 is 14.3 Å². The molecular formula is C17H12Cl2N2O3S. The molecule has 5 nitrogen and oxygen atoms in total. The maximum absolute atomic E-state index is 12.0. The van der Waals surface area contributed by atoms with Gasteiger partial charge in [0.25, 0.3) is 5.91 Å². The number of amides is 1. The summed E-state index contributed by atoms with van der Waals surface area (Å²) in [4.78, 5) is 25.1. The largest absolute Gasteiger partial charge is 0.452 e. The third kappa shape index (κ3) is 3.79. The lowest BCUT2D eigenvalue weighted by Crippen LogP contribution is -2.21. The number of ether oxygens (including phenoxy) is 1. The van der Waals surface area contributed by atoms with E-state index in [0.717, 1.165) is 29.7 Å². The first-order chi connectivity index (χ1) is 12.0. The Hall–Kier alpha value is -2.07. The number of aryl methyl sites for hydroxylation is 1. The number of nitrogens with zero attached hydrogens (tertiary/aromatic N) is 1. The highest BCUT2D eigenvalue weighted by Gasteiger charge is 2.23. The third-order valence-corrected chi connectivity index (χ3v) is 5.72. The van der Waals surface area contributed by atoms with E-state index in [9.17, 15) is 14.9 Å². The topological polar surface area (TPSA) is 79.2 Å². The average Bonchev–Trinajstić information content (AvgIpc) is 3.15. The van der Waals surface area contributed by atoms with E-state index in [2.05, 4.69) is 11.4 Å². The zero-order valence-electron chi connectivity index (χ0n) is 12.9. The van der Waals surface area contributed by atoms with Gasteiger partial charge in [0.05, 0.1) is 21.2 Å². The number of thiophene rings is 1. The van der Waals surface area contributed by atoms with Crippen molar-refractivity contribution in [2.24, 2.45) is 0 Å². The summed E-state index contributed by atoms with van der Waals surface area (Å²) in [6.07, 6.45) is 2.82. The molecule has 0 unspecified atom stereocenters. The molecule has 1 aliphatic carbocycles. The highest BCUT2D eigenvalue weighted by molar-refractivity contribution is 7.16. The van der Waals surface area contributed by atoms with E-state index in [1.807, 2.05) is 0 Å². The summed E-state index contributed by atoms with van der Waals surface area (Å²) in [5, 5.41) is 13.0. The number of hydrogen-bond acceptors (Lipinski definition) is 5. The van der Waals surface area contributed by atoms with Crippen LogP contribution in [0.1, 0.15) is 32.8 Å². The van der Waals surface area contributed by atoms with Crippen molar-refractivity contribution in [1.82, 2.24) is 0 Å². The summed E-state index contributed by atoms with van der Waals surface area (Å²) >= 11 is 13.0. The second kappa shape index (κ2) is 7.44. The predicted octanol–water partition coefficient (Wildman–Crippen LogP) is 4.21. The molecular weight excluding hydrogens is 383 g/mol. The van der Waals surface area contributed by atoms with Gasteiger partial charge in [-0.1, -0.05) is 23.2 Å². The van der Waals surface area contributed by atoms with Gasteiger partial charge >= 0.3 is 5.97 Å². The first-order valence-corrected chi connectivity index (χ1v) is 9.03. The molecule has 1 aromatic heterocycles. The number of carbonyl (C=O) groups excluding carboxylic acids is 2. The van der Waals surface area contributed by atoms with Crippen LogP contribution in [0.15, 0.2) is 18.2 Å². The maximum Gasteiger partial charge on any atom is 0.338 e. The van der Waals surface area contributed by atoms with E-state index in [1.54, 1.807) is 0 Å². The minimum Gasteiger partial charge on any atom is -0.452 e. The number of nitriles is 1. The molecule has 25 heavy (non-hydrogen) atoms. The number of carbonyl (C=O) groups is 2. The van der Waals surface area contributed by atoms with Crippen LogP contribution in [0.2, 0.25) is 10.0 Å². The molecule has 0 fully saturated rings. The smallest absolute Gasteiger partial charge is 0.338 e. The normalized spacial score (nSPS) is 12.4. The van der Waals surface area contributed by atoms with Crippen LogP contribution < -0.4 is 5.32 Å². The number of rotatable bonds is 4. The molecule has 0 atom stereocenters. The van der Waals surface area contributed by atoms with Gasteiger partial charge in [0.2, 0.25) is 0 Å². The van der Waals surface area contributed by atoms with Gasteiger partial charge < -0.3 is 10.1 Å². The number of fused-ring (bicyclic) bond motifs is 1. The second-order valence-electron chi connectivity index (χ2n) is 5.43. The zero-order chi connectivity index (χ0) is 18.0. The van der Waals surface area contributed by atoms with Gasteiger partial charge in [0.1, 0.15) is 11.1 Å². The molecule has 1 N–H and O–H groups in total. The minimum atomic E-state index is -0.678. The highest BCUT2D eigenvalue weighted by atomic mass is 35.5. The fourth-order valence-corrected chi connectivity index (χ4v) is 4.16. The van der Waals surface area contributed by atoms with Crippen LogP contribution in [-0.4, -0.2) is 18.5 Å². The molecule has 1 heterocycles. The average molecular weight is 395 g/mol. The molecule has 128 valence electrons. The first kappa shape index (κ1) is 17.7. The van der Waals surface area contributed by atoms with E-state index >= 15 is 0 Å². The highest BCUT2D eigenvalue weighted by Crippen LogP contribution is 2.38. The van der Waals surface area contributed by atoms with Crippen LogP contribution in [0.3, 0.4) is 0 Å². The van der Waals surface area contributed by atoms with Gasteiger partial charge in [-0.3, -0.25) is 4.79 Å². The molecule has 1 aromatic carbocycles. The Morgan fingerprint density at radius 2 is 2.08 bits per heavy atom. The monoisotopic (exact) mass is 394 g/mol. The van der Waals surface area contributed by atoms with Crippen LogP contribution in [0, 0.1) is 11.3 Å². The Balaban J connectivity index is 1.61. The van der Waals surface area contributed by atoms with Crippen LogP contribution in [0.5, 0.6) is 0 Å². The van der Waals surface area contributed by atoms with E-state index in [-0.39, 0.29) is 10.6 Å². The molecule has 0 saturated carbocycles. The first-order valence-electron chi connectivity index (χ1n) is 7.46. The number of anilines is 1. The molecule has 0 saturated heterocycles. The number of hydrogen-bond donors (Lipinski definition) is 1. The van der Waals surface area contributed by atoms with E-state index in [4.69, 9.17) is 27.9 Å². The van der Waals surface area contributed by atoms with Crippen LogP contribution in [-0.2, 0) is 22.4 Å². The number of benzene rings is 1. The van der Waals surface area contributed by atoms with Crippen LogP contribution in [0.4, 0.5) is 5.00 Å². The third-order valence-electron chi connectivity index (χ3n) is 3.78. The Morgan fingerprint density at radius 3 is 2.80 bits per heavy atom. The van der Waals surface area contributed by atoms with Gasteiger partial charge in [-0.2, -0.15) is 5.26 Å². The van der Waals surface area contributed by atoms with Crippen molar-refractivity contribution in [2.45, 2.75) is 19.3 Å². The van der Waals surface area contributed by atoms with Crippen molar-refractivity contribution >= 4 is 51.4 Å². The number of nitrogens with one attached hydrogen (secondary N) is 1. The lowest BCUT2D eigenvalue weighted by molar-refractivity contribution is -0.119. The zero-order valence-corrected chi connectivity index (χ0v) is 15.2. The van der Waals surface area contributed by atoms with Crippen LogP contribution in [0.25, 0.3) is 0 Å². The summed E-state index contributed by atoms with van der Waals surface area (Å²) < 4.78 is 4.98. The molecule has 1 aliphatic rings. The number of esters is 1. The summed E-state index contributed by atoms with van der Waals surface area (Å²) in [7, 11) is 0. The fraction of sp³-hybridized carbons (Fsp3) is 0.235. The van der Waals surface area contributed by atoms with Crippen molar-refractivity contribution in [3.63, 3.8) is 0 Å². The molecule has 3 rings (SSSR count). The number of halogens is 2. The summed E-state index contributed by atoms with van der Waals surface area (Å²) in [6, 6.07) is 6.46. The fourth-order valence-electron chi connectivity index (χ4n) is 2.61. The predicted molar refractivity (Wildman–Crippen MR) is 96.4 cm³/mol. The lowest BCUT2D eigenvalue weighted by atomic mass is 10.1. The lowest BCUT2D eigenvalue weighted by Gasteiger charge is -2.06. The summed E-state index contributed by atoms with van der Waals surface area (Å²) in [5.41, 5.74) is 1.74. The van der Waals surface area contributed by atoms with Gasteiger partial charge in [0, 0.05) is 4.88 Å². The quantitative estimate of drug-likeness (QED) is 0.787.